The summed E-state index contributed by atoms with van der Waals surface area (Å²) in [5, 5.41) is -0.208. The number of ether oxygens (including phenoxy) is 1. The number of nitrogens with zero attached hydrogens (tertiary/aromatic N) is 1. The molecule has 0 aliphatic carbocycles. The molecule has 0 unspecified atom stereocenters. The number of hydrogen-bond acceptors (Lipinski definition) is 3. The van der Waals surface area contributed by atoms with Crippen LogP contribution in [0.25, 0.3) is 0 Å². The number of methoxy groups -OCH3 is 1. The summed E-state index contributed by atoms with van der Waals surface area (Å²) in [6.45, 7) is 0. The van der Waals surface area contributed by atoms with E-state index in [1.165, 1.54) is 0 Å². The molecule has 0 radical (unpaired) electrons. The summed E-state index contributed by atoms with van der Waals surface area (Å²) in [5.74, 6) is -0.793. The Bertz CT molecular complexity index is 406. The van der Waals surface area contributed by atoms with Crippen LogP contribution in [0.3, 0.4) is 0 Å². The topological polar surface area (TPSA) is 39.2 Å². The SMILES string of the molecule is COC(=O)Cc1c(Cl)cncc1C(F)(F)F. The molecule has 0 saturated heterocycles. The fraction of sp³-hybridized carbons (Fsp3) is 0.333. The van der Waals surface area contributed by atoms with Gasteiger partial charge in [0.05, 0.1) is 24.1 Å². The van der Waals surface area contributed by atoms with Gasteiger partial charge in [-0.3, -0.25) is 9.78 Å². The lowest BCUT2D eigenvalue weighted by Gasteiger charge is -2.12. The number of carbonyl (C=O) groups excluding carboxylic acids is 1. The third-order valence-electron chi connectivity index (χ3n) is 1.86. The highest BCUT2D eigenvalue weighted by Crippen LogP contribution is 2.34. The van der Waals surface area contributed by atoms with Gasteiger partial charge in [-0.25, -0.2) is 0 Å². The average Bonchev–Trinajstić information content (AvgIpc) is 2.19. The molecule has 7 heteroatoms. The van der Waals surface area contributed by atoms with Crippen LogP contribution in [0.15, 0.2) is 12.4 Å². The van der Waals surface area contributed by atoms with Crippen LogP contribution in [0.4, 0.5) is 13.2 Å². The summed E-state index contributed by atoms with van der Waals surface area (Å²) >= 11 is 5.57. The number of rotatable bonds is 2. The monoisotopic (exact) mass is 253 g/mol. The van der Waals surface area contributed by atoms with E-state index in [4.69, 9.17) is 11.6 Å². The van der Waals surface area contributed by atoms with Gasteiger partial charge in [-0.1, -0.05) is 11.6 Å². The lowest BCUT2D eigenvalue weighted by Crippen LogP contribution is -2.14. The first-order chi connectivity index (χ1) is 7.36. The number of aromatic nitrogens is 1. The van der Waals surface area contributed by atoms with E-state index < -0.39 is 24.1 Å². The van der Waals surface area contributed by atoms with Crippen LogP contribution in [-0.4, -0.2) is 18.1 Å². The highest BCUT2D eigenvalue weighted by atomic mass is 35.5. The second-order valence-electron chi connectivity index (χ2n) is 2.90. The maximum Gasteiger partial charge on any atom is 0.418 e. The van der Waals surface area contributed by atoms with Gasteiger partial charge in [-0.15, -0.1) is 0 Å². The number of hydrogen-bond donors (Lipinski definition) is 0. The molecule has 0 amide bonds. The highest BCUT2D eigenvalue weighted by molar-refractivity contribution is 6.31. The Balaban J connectivity index is 3.19. The van der Waals surface area contributed by atoms with Crippen LogP contribution in [0, 0.1) is 0 Å². The van der Waals surface area contributed by atoms with Gasteiger partial charge >= 0.3 is 12.1 Å². The second kappa shape index (κ2) is 4.69. The third-order valence-corrected chi connectivity index (χ3v) is 2.18. The molecule has 0 aliphatic rings. The van der Waals surface area contributed by atoms with Gasteiger partial charge in [-0.2, -0.15) is 13.2 Å². The average molecular weight is 254 g/mol. The Morgan fingerprint density at radius 1 is 1.50 bits per heavy atom. The van der Waals surface area contributed by atoms with Gasteiger partial charge in [0.2, 0.25) is 0 Å². The summed E-state index contributed by atoms with van der Waals surface area (Å²) in [4.78, 5) is 14.3. The van der Waals surface area contributed by atoms with Gasteiger partial charge in [0.25, 0.3) is 0 Å². The lowest BCUT2D eigenvalue weighted by molar-refractivity contribution is -0.141. The van der Waals surface area contributed by atoms with Gasteiger partial charge in [0, 0.05) is 12.4 Å². The largest absolute Gasteiger partial charge is 0.469 e. The molecule has 1 aromatic rings. The number of pyridine rings is 1. The molecular formula is C9H7ClF3NO2. The van der Waals surface area contributed by atoms with Crippen molar-refractivity contribution in [2.75, 3.05) is 7.11 Å². The van der Waals surface area contributed by atoms with Crippen LogP contribution in [0.2, 0.25) is 5.02 Å². The molecule has 0 fully saturated rings. The maximum absolute atomic E-state index is 12.5. The first kappa shape index (κ1) is 12.8. The minimum absolute atomic E-state index is 0.208. The summed E-state index contributed by atoms with van der Waals surface area (Å²) in [6.07, 6.45) is -3.45. The Kier molecular flexibility index (Phi) is 3.74. The fourth-order valence-corrected chi connectivity index (χ4v) is 1.33. The van der Waals surface area contributed by atoms with Crippen LogP contribution >= 0.6 is 11.6 Å². The maximum atomic E-state index is 12.5. The fourth-order valence-electron chi connectivity index (χ4n) is 1.10. The molecule has 0 N–H and O–H groups in total. The van der Waals surface area contributed by atoms with E-state index in [1.54, 1.807) is 0 Å². The molecule has 0 aromatic carbocycles. The van der Waals surface area contributed by atoms with E-state index in [2.05, 4.69) is 9.72 Å². The molecule has 16 heavy (non-hydrogen) atoms. The Morgan fingerprint density at radius 2 is 2.12 bits per heavy atom. The zero-order valence-corrected chi connectivity index (χ0v) is 8.89. The van der Waals surface area contributed by atoms with Gasteiger partial charge in [0.1, 0.15) is 0 Å². The van der Waals surface area contributed by atoms with Crippen LogP contribution in [-0.2, 0) is 22.1 Å². The van der Waals surface area contributed by atoms with Crippen LogP contribution < -0.4 is 0 Å². The zero-order valence-electron chi connectivity index (χ0n) is 8.14. The van der Waals surface area contributed by atoms with Crippen molar-refractivity contribution in [1.29, 1.82) is 0 Å². The number of alkyl halides is 3. The molecule has 1 aromatic heterocycles. The Morgan fingerprint density at radius 3 is 2.62 bits per heavy atom. The number of halogens is 4. The van der Waals surface area contributed by atoms with E-state index in [0.29, 0.717) is 6.20 Å². The van der Waals surface area contributed by atoms with Crippen molar-refractivity contribution in [1.82, 2.24) is 4.98 Å². The molecule has 0 aliphatic heterocycles. The quantitative estimate of drug-likeness (QED) is 0.760. The zero-order chi connectivity index (χ0) is 12.3. The van der Waals surface area contributed by atoms with Crippen molar-refractivity contribution in [3.8, 4) is 0 Å². The highest BCUT2D eigenvalue weighted by Gasteiger charge is 2.35. The molecule has 0 spiro atoms. The van der Waals surface area contributed by atoms with E-state index in [1.807, 2.05) is 0 Å². The van der Waals surface area contributed by atoms with Crippen molar-refractivity contribution >= 4 is 17.6 Å². The minimum atomic E-state index is -4.60. The predicted molar refractivity (Wildman–Crippen MR) is 50.0 cm³/mol. The third kappa shape index (κ3) is 2.85. The van der Waals surface area contributed by atoms with Crippen molar-refractivity contribution in [3.05, 3.63) is 28.5 Å². The molecule has 1 heterocycles. The van der Waals surface area contributed by atoms with Crippen molar-refractivity contribution in [3.63, 3.8) is 0 Å². The van der Waals surface area contributed by atoms with Crippen molar-refractivity contribution in [2.24, 2.45) is 0 Å². The van der Waals surface area contributed by atoms with E-state index in [-0.39, 0.29) is 10.6 Å². The second-order valence-corrected chi connectivity index (χ2v) is 3.31. The van der Waals surface area contributed by atoms with E-state index >= 15 is 0 Å². The first-order valence-electron chi connectivity index (χ1n) is 4.12. The summed E-state index contributed by atoms with van der Waals surface area (Å²) in [5.41, 5.74) is -1.35. The smallest absolute Gasteiger partial charge is 0.418 e. The molecule has 0 bridgehead atoms. The molecule has 88 valence electrons. The Hall–Kier alpha value is -1.30. The summed E-state index contributed by atoms with van der Waals surface area (Å²) < 4.78 is 41.9. The molecule has 3 nitrogen and oxygen atoms in total. The van der Waals surface area contributed by atoms with E-state index in [0.717, 1.165) is 13.3 Å². The lowest BCUT2D eigenvalue weighted by atomic mass is 10.1. The van der Waals surface area contributed by atoms with Crippen molar-refractivity contribution < 1.29 is 22.7 Å². The number of carbonyl (C=O) groups is 1. The van der Waals surface area contributed by atoms with Crippen LogP contribution in [0.5, 0.6) is 0 Å². The summed E-state index contributed by atoms with van der Waals surface area (Å²) in [6, 6.07) is 0. The molecular weight excluding hydrogens is 247 g/mol. The normalized spacial score (nSPS) is 11.3. The van der Waals surface area contributed by atoms with Gasteiger partial charge in [0.15, 0.2) is 0 Å². The standard InChI is InChI=1S/C9H7ClF3NO2/c1-16-8(15)2-5-6(9(11,12)13)3-14-4-7(5)10/h3-4H,2H2,1H3. The molecule has 0 atom stereocenters. The van der Waals surface area contributed by atoms with E-state index in [9.17, 15) is 18.0 Å². The summed E-state index contributed by atoms with van der Waals surface area (Å²) in [7, 11) is 1.09. The molecule has 0 saturated carbocycles. The van der Waals surface area contributed by atoms with Gasteiger partial charge in [-0.05, 0) is 5.56 Å². The predicted octanol–water partition coefficient (Wildman–Crippen LogP) is 2.47. The minimum Gasteiger partial charge on any atom is -0.469 e. The van der Waals surface area contributed by atoms with Crippen molar-refractivity contribution in [2.45, 2.75) is 12.6 Å². The first-order valence-corrected chi connectivity index (χ1v) is 4.50. The van der Waals surface area contributed by atoms with Gasteiger partial charge < -0.3 is 4.74 Å². The number of esters is 1. The molecule has 1 rings (SSSR count). The Labute approximate surface area is 94.2 Å². The van der Waals surface area contributed by atoms with Crippen LogP contribution in [0.1, 0.15) is 11.1 Å².